The minimum absolute atomic E-state index is 0.434. The first-order chi connectivity index (χ1) is 10.3. The lowest BCUT2D eigenvalue weighted by Gasteiger charge is -2.22. The lowest BCUT2D eigenvalue weighted by molar-refractivity contribution is 0.347. The Morgan fingerprint density at radius 3 is 2.52 bits per heavy atom. The molecule has 1 nitrogen and oxygen atoms in total. The van der Waals surface area contributed by atoms with Crippen molar-refractivity contribution in [2.45, 2.75) is 18.4 Å². The van der Waals surface area contributed by atoms with Crippen molar-refractivity contribution in [3.8, 4) is 0 Å². The van der Waals surface area contributed by atoms with Crippen molar-refractivity contribution in [3.05, 3.63) is 76.8 Å². The molecule has 3 rings (SSSR count). The van der Waals surface area contributed by atoms with Crippen LogP contribution in [0.3, 0.4) is 0 Å². The molecule has 0 aliphatic carbocycles. The summed E-state index contributed by atoms with van der Waals surface area (Å²) >= 11 is 6.23. The van der Waals surface area contributed by atoms with Crippen LogP contribution in [0.5, 0.6) is 0 Å². The highest BCUT2D eigenvalue weighted by Gasteiger charge is 2.30. The van der Waals surface area contributed by atoms with Crippen molar-refractivity contribution in [3.63, 3.8) is 0 Å². The Labute approximate surface area is 131 Å². The van der Waals surface area contributed by atoms with E-state index in [0.717, 1.165) is 17.1 Å². The largest absolute Gasteiger partial charge is 0.299 e. The molecule has 2 heteroatoms. The van der Waals surface area contributed by atoms with E-state index in [-0.39, 0.29) is 0 Å². The average Bonchev–Trinajstić information content (AvgIpc) is 2.88. The normalized spacial score (nSPS) is 23.0. The molecule has 1 saturated heterocycles. The van der Waals surface area contributed by atoms with Crippen molar-refractivity contribution in [1.82, 2.24) is 4.90 Å². The van der Waals surface area contributed by atoms with Crippen LogP contribution in [0.25, 0.3) is 6.08 Å². The highest BCUT2D eigenvalue weighted by atomic mass is 35.5. The molecule has 1 aliphatic rings. The highest BCUT2D eigenvalue weighted by molar-refractivity contribution is 6.32. The van der Waals surface area contributed by atoms with Gasteiger partial charge in [-0.15, -0.1) is 0 Å². The molecule has 0 saturated carbocycles. The summed E-state index contributed by atoms with van der Waals surface area (Å²) in [4.78, 5) is 2.42. The number of likely N-dealkylation sites (tertiary alicyclic amines) is 1. The Morgan fingerprint density at radius 1 is 1.05 bits per heavy atom. The first-order valence-corrected chi connectivity index (χ1v) is 7.81. The van der Waals surface area contributed by atoms with Gasteiger partial charge in [-0.05, 0) is 37.2 Å². The van der Waals surface area contributed by atoms with Crippen molar-refractivity contribution >= 4 is 17.7 Å². The summed E-state index contributed by atoms with van der Waals surface area (Å²) < 4.78 is 0. The molecule has 0 unspecified atom stereocenters. The summed E-state index contributed by atoms with van der Waals surface area (Å²) in [7, 11) is 2.20. The van der Waals surface area contributed by atoms with Gasteiger partial charge in [0.05, 0.1) is 0 Å². The van der Waals surface area contributed by atoms with Gasteiger partial charge in [0.1, 0.15) is 0 Å². The highest BCUT2D eigenvalue weighted by Crippen LogP contribution is 2.33. The zero-order valence-electron chi connectivity index (χ0n) is 12.2. The molecule has 2 atom stereocenters. The number of rotatable bonds is 3. The number of halogens is 1. The summed E-state index contributed by atoms with van der Waals surface area (Å²) in [6.07, 6.45) is 5.66. The maximum Gasteiger partial charge on any atom is 0.0478 e. The predicted octanol–water partition coefficient (Wildman–Crippen LogP) is 4.84. The van der Waals surface area contributed by atoms with Crippen molar-refractivity contribution in [1.29, 1.82) is 0 Å². The van der Waals surface area contributed by atoms with Gasteiger partial charge in [0, 0.05) is 17.0 Å². The first-order valence-electron chi connectivity index (χ1n) is 7.43. The monoisotopic (exact) mass is 297 g/mol. The molecule has 0 aromatic heterocycles. The van der Waals surface area contributed by atoms with Crippen LogP contribution in [0.15, 0.2) is 60.7 Å². The number of hydrogen-bond acceptors (Lipinski definition) is 1. The Kier molecular flexibility index (Phi) is 4.42. The van der Waals surface area contributed by atoms with E-state index in [2.05, 4.69) is 60.5 Å². The van der Waals surface area contributed by atoms with Crippen LogP contribution < -0.4 is 0 Å². The van der Waals surface area contributed by atoms with E-state index in [1.807, 2.05) is 18.2 Å². The van der Waals surface area contributed by atoms with E-state index >= 15 is 0 Å². The smallest absolute Gasteiger partial charge is 0.0478 e. The molecule has 0 spiro atoms. The minimum atomic E-state index is 0.434. The average molecular weight is 298 g/mol. The van der Waals surface area contributed by atoms with Crippen molar-refractivity contribution in [2.75, 3.05) is 13.6 Å². The second kappa shape index (κ2) is 6.46. The molecular weight excluding hydrogens is 278 g/mol. The molecule has 2 aromatic rings. The van der Waals surface area contributed by atoms with E-state index in [9.17, 15) is 0 Å². The van der Waals surface area contributed by atoms with Gasteiger partial charge in [-0.2, -0.15) is 0 Å². The van der Waals surface area contributed by atoms with Gasteiger partial charge in [-0.25, -0.2) is 0 Å². The summed E-state index contributed by atoms with van der Waals surface area (Å²) in [5, 5.41) is 0.811. The van der Waals surface area contributed by atoms with Crippen LogP contribution >= 0.6 is 11.6 Å². The Morgan fingerprint density at radius 2 is 1.76 bits per heavy atom. The second-order valence-electron chi connectivity index (χ2n) is 5.66. The molecule has 0 amide bonds. The van der Waals surface area contributed by atoms with Gasteiger partial charge < -0.3 is 0 Å². The Bertz CT molecular complexity index is 620. The number of nitrogens with zero attached hydrogens (tertiary/aromatic N) is 1. The predicted molar refractivity (Wildman–Crippen MR) is 90.7 cm³/mol. The fourth-order valence-corrected chi connectivity index (χ4v) is 3.33. The molecule has 21 heavy (non-hydrogen) atoms. The van der Waals surface area contributed by atoms with E-state index in [4.69, 9.17) is 11.6 Å². The molecule has 1 aliphatic heterocycles. The zero-order valence-corrected chi connectivity index (χ0v) is 13.0. The molecule has 108 valence electrons. The SMILES string of the molecule is CN1CC[C@H](c2ccccc2)[C@H]1/C=C/c1ccccc1Cl. The lowest BCUT2D eigenvalue weighted by atomic mass is 9.91. The minimum Gasteiger partial charge on any atom is -0.299 e. The van der Waals surface area contributed by atoms with Gasteiger partial charge in [-0.1, -0.05) is 72.3 Å². The Hall–Kier alpha value is -1.57. The molecule has 2 aromatic carbocycles. The fraction of sp³-hybridized carbons (Fsp3) is 0.263. The maximum absolute atomic E-state index is 6.23. The van der Waals surface area contributed by atoms with E-state index < -0.39 is 0 Å². The first kappa shape index (κ1) is 14.4. The molecule has 1 heterocycles. The number of benzene rings is 2. The number of likely N-dealkylation sites (N-methyl/N-ethyl adjacent to an activating group) is 1. The van der Waals surface area contributed by atoms with Crippen LogP contribution in [-0.4, -0.2) is 24.5 Å². The summed E-state index contributed by atoms with van der Waals surface area (Å²) in [5.74, 6) is 0.565. The van der Waals surface area contributed by atoms with Crippen LogP contribution in [0.4, 0.5) is 0 Å². The van der Waals surface area contributed by atoms with Crippen molar-refractivity contribution < 1.29 is 0 Å². The number of hydrogen-bond donors (Lipinski definition) is 0. The molecule has 0 bridgehead atoms. The van der Waals surface area contributed by atoms with Gasteiger partial charge in [0.2, 0.25) is 0 Å². The second-order valence-corrected chi connectivity index (χ2v) is 6.06. The van der Waals surface area contributed by atoms with Crippen LogP contribution in [0.2, 0.25) is 5.02 Å². The lowest BCUT2D eigenvalue weighted by Crippen LogP contribution is -2.26. The van der Waals surface area contributed by atoms with Gasteiger partial charge >= 0.3 is 0 Å². The quantitative estimate of drug-likeness (QED) is 0.783. The van der Waals surface area contributed by atoms with Crippen LogP contribution in [0, 0.1) is 0 Å². The summed E-state index contributed by atoms with van der Waals surface area (Å²) in [6, 6.07) is 19.2. The van der Waals surface area contributed by atoms with Crippen LogP contribution in [-0.2, 0) is 0 Å². The van der Waals surface area contributed by atoms with Gasteiger partial charge in [0.25, 0.3) is 0 Å². The third-order valence-corrected chi connectivity index (χ3v) is 4.66. The van der Waals surface area contributed by atoms with Crippen LogP contribution in [0.1, 0.15) is 23.5 Å². The fourth-order valence-electron chi connectivity index (χ4n) is 3.13. The molecule has 0 N–H and O–H groups in total. The van der Waals surface area contributed by atoms with E-state index in [1.54, 1.807) is 0 Å². The molecule has 1 fully saturated rings. The Balaban J connectivity index is 1.84. The van der Waals surface area contributed by atoms with Gasteiger partial charge in [0.15, 0.2) is 0 Å². The molecular formula is C19H20ClN. The third-order valence-electron chi connectivity index (χ3n) is 4.32. The molecule has 0 radical (unpaired) electrons. The van der Waals surface area contributed by atoms with E-state index in [1.165, 1.54) is 12.0 Å². The topological polar surface area (TPSA) is 3.24 Å². The van der Waals surface area contributed by atoms with E-state index in [0.29, 0.717) is 12.0 Å². The maximum atomic E-state index is 6.23. The summed E-state index contributed by atoms with van der Waals surface area (Å²) in [6.45, 7) is 1.14. The third kappa shape index (κ3) is 3.20. The van der Waals surface area contributed by atoms with Gasteiger partial charge in [-0.3, -0.25) is 4.90 Å². The van der Waals surface area contributed by atoms with Crippen molar-refractivity contribution in [2.24, 2.45) is 0 Å². The standard InChI is InChI=1S/C19H20ClN/c1-21-14-13-17(15-7-3-2-4-8-15)19(21)12-11-16-9-5-6-10-18(16)20/h2-12,17,19H,13-14H2,1H3/b12-11+/t17-,19-/m1/s1. The summed E-state index contributed by atoms with van der Waals surface area (Å²) in [5.41, 5.74) is 2.52. The zero-order chi connectivity index (χ0) is 14.7.